The van der Waals surface area contributed by atoms with Gasteiger partial charge in [0.1, 0.15) is 11.2 Å². The summed E-state index contributed by atoms with van der Waals surface area (Å²) in [6, 6.07) is 34.2. The van der Waals surface area contributed by atoms with Gasteiger partial charge in [-0.1, -0.05) is 119 Å². The van der Waals surface area contributed by atoms with Crippen molar-refractivity contribution in [2.75, 3.05) is 9.80 Å². The first-order valence-electron chi connectivity index (χ1n) is 25.1. The van der Waals surface area contributed by atoms with E-state index in [-0.39, 0.29) is 39.2 Å². The molecule has 0 spiro atoms. The second-order valence-electron chi connectivity index (χ2n) is 25.6. The van der Waals surface area contributed by atoms with Crippen molar-refractivity contribution in [3.63, 3.8) is 0 Å². The zero-order chi connectivity index (χ0) is 46.6. The highest BCUT2D eigenvalue weighted by molar-refractivity contribution is 7.00. The number of para-hydroxylation sites is 1. The highest BCUT2D eigenvalue weighted by Crippen LogP contribution is 2.56. The monoisotopic (exact) mass is 869 g/mol. The summed E-state index contributed by atoms with van der Waals surface area (Å²) in [5, 5.41) is 2.45. The Labute approximate surface area is 395 Å². The van der Waals surface area contributed by atoms with Crippen LogP contribution in [0.1, 0.15) is 165 Å². The number of aryl methyl sites for hydroxylation is 3. The van der Waals surface area contributed by atoms with Crippen LogP contribution in [0.4, 0.5) is 34.1 Å². The van der Waals surface area contributed by atoms with Crippen molar-refractivity contribution in [3.05, 3.63) is 135 Å². The summed E-state index contributed by atoms with van der Waals surface area (Å²) in [5.41, 5.74) is 27.0. The summed E-state index contributed by atoms with van der Waals surface area (Å²) >= 11 is 0. The van der Waals surface area contributed by atoms with Gasteiger partial charge in [0.2, 0.25) is 0 Å². The predicted molar refractivity (Wildman–Crippen MR) is 283 cm³/mol. The highest BCUT2D eigenvalue weighted by Gasteiger charge is 2.50. The molecule has 0 atom stereocenters. The Morgan fingerprint density at radius 2 is 0.970 bits per heavy atom. The van der Waals surface area contributed by atoms with Crippen molar-refractivity contribution in [2.45, 2.75) is 168 Å². The number of hydrogen-bond donors (Lipinski definition) is 0. The second-order valence-corrected chi connectivity index (χ2v) is 25.6. The van der Waals surface area contributed by atoms with Gasteiger partial charge in [0, 0.05) is 33.8 Å². The summed E-state index contributed by atoms with van der Waals surface area (Å²) in [7, 11) is 0. The molecule has 0 N–H and O–H groups in total. The molecule has 3 aliphatic carbocycles. The lowest BCUT2D eigenvalue weighted by atomic mass is 9.33. The third-order valence-corrected chi connectivity index (χ3v) is 18.0. The molecule has 0 radical (unpaired) electrons. The van der Waals surface area contributed by atoms with E-state index in [2.05, 4.69) is 199 Å². The Hall–Kier alpha value is -5.22. The van der Waals surface area contributed by atoms with Gasteiger partial charge in [0.15, 0.2) is 0 Å². The molecule has 6 aromatic carbocycles. The standard InChI is InChI=1S/C62H69BN2O/c1-35-26-50-55-51(27-35)65(47-19-17-16-18-36(47)2)56-45(20-21-52-54(56)38-29-40-44(33-53(38)66-52)60(10,11)25-23-58(40,6)7)63(55)46-30-41-43(62(14,15)34-61(41,12)13)32-49(46)64(50)48-31-42-39(28-37(48)3)57(4,5)22-24-59(42,8)9/h16-21,26-33H,22-25,34H2,1-15H3. The van der Waals surface area contributed by atoms with Crippen molar-refractivity contribution in [2.24, 2.45) is 0 Å². The molecule has 1 aromatic heterocycles. The van der Waals surface area contributed by atoms with Gasteiger partial charge in [-0.2, -0.15) is 0 Å². The van der Waals surface area contributed by atoms with Crippen LogP contribution in [-0.2, 0) is 32.5 Å². The Morgan fingerprint density at radius 1 is 0.439 bits per heavy atom. The average molecular weight is 869 g/mol. The summed E-state index contributed by atoms with van der Waals surface area (Å²) in [6.07, 6.45) is 5.85. The van der Waals surface area contributed by atoms with E-state index in [1.165, 1.54) is 137 Å². The molecule has 3 heterocycles. The van der Waals surface area contributed by atoms with Crippen molar-refractivity contribution < 1.29 is 4.42 Å². The van der Waals surface area contributed by atoms with Gasteiger partial charge in [0.25, 0.3) is 6.71 Å². The zero-order valence-electron chi connectivity index (χ0n) is 42.5. The molecule has 12 rings (SSSR count). The van der Waals surface area contributed by atoms with E-state index in [4.69, 9.17) is 4.42 Å². The average Bonchev–Trinajstić information content (AvgIpc) is 3.70. The van der Waals surface area contributed by atoms with Crippen LogP contribution in [0.15, 0.2) is 89.3 Å². The molecule has 7 aromatic rings. The zero-order valence-corrected chi connectivity index (χ0v) is 42.5. The summed E-state index contributed by atoms with van der Waals surface area (Å²) < 4.78 is 7.09. The van der Waals surface area contributed by atoms with E-state index in [0.29, 0.717) is 0 Å². The third kappa shape index (κ3) is 5.63. The fourth-order valence-electron chi connectivity index (χ4n) is 14.3. The number of fused-ring (bicyclic) bond motifs is 11. The fraction of sp³-hybridized carbons (Fsp3) is 0.419. The first-order valence-corrected chi connectivity index (χ1v) is 25.1. The topological polar surface area (TPSA) is 19.6 Å². The number of hydrogen-bond acceptors (Lipinski definition) is 3. The second kappa shape index (κ2) is 13.1. The van der Waals surface area contributed by atoms with Gasteiger partial charge in [-0.05, 0) is 200 Å². The molecule has 0 unspecified atom stereocenters. The first kappa shape index (κ1) is 42.2. The highest BCUT2D eigenvalue weighted by atomic mass is 16.3. The molecule has 4 heteroatoms. The van der Waals surface area contributed by atoms with Gasteiger partial charge in [-0.3, -0.25) is 0 Å². The SMILES string of the molecule is Cc1cc2c3c(c1)N(c1ccccc1C)c1c(ccc4oc5cc6c(cc5c14)C(C)(C)CCC6(C)C)B3c1cc3c(cc1N2c1cc2c(cc1C)C(C)(C)CCC2(C)C)C(C)(C)CC3(C)C. The van der Waals surface area contributed by atoms with Crippen LogP contribution in [0.3, 0.4) is 0 Å². The van der Waals surface area contributed by atoms with Gasteiger partial charge < -0.3 is 14.2 Å². The number of benzene rings is 6. The lowest BCUT2D eigenvalue weighted by Crippen LogP contribution is -2.61. The fourth-order valence-corrected chi connectivity index (χ4v) is 14.3. The molecular weight excluding hydrogens is 800 g/mol. The van der Waals surface area contributed by atoms with E-state index < -0.39 is 0 Å². The Bertz CT molecular complexity index is 3300. The maximum Gasteiger partial charge on any atom is 0.252 e. The van der Waals surface area contributed by atoms with E-state index in [1.807, 2.05) is 0 Å². The Kier molecular flexibility index (Phi) is 8.34. The van der Waals surface area contributed by atoms with Crippen LogP contribution >= 0.6 is 0 Å². The Morgan fingerprint density at radius 3 is 1.61 bits per heavy atom. The first-order chi connectivity index (χ1) is 30.9. The molecule has 0 saturated heterocycles. The normalized spacial score (nSPS) is 20.7. The van der Waals surface area contributed by atoms with Crippen LogP contribution in [-0.4, -0.2) is 6.71 Å². The molecule has 0 bridgehead atoms. The minimum Gasteiger partial charge on any atom is -0.456 e. The van der Waals surface area contributed by atoms with Crippen molar-refractivity contribution in [1.82, 2.24) is 0 Å². The van der Waals surface area contributed by atoms with E-state index in [9.17, 15) is 0 Å². The quantitative estimate of drug-likeness (QED) is 0.161. The minimum atomic E-state index is 0.0117. The van der Waals surface area contributed by atoms with Crippen LogP contribution in [0.2, 0.25) is 0 Å². The van der Waals surface area contributed by atoms with Gasteiger partial charge >= 0.3 is 0 Å². The molecule has 5 aliphatic rings. The molecule has 336 valence electrons. The van der Waals surface area contributed by atoms with Crippen LogP contribution in [0.5, 0.6) is 0 Å². The molecule has 2 aliphatic heterocycles. The van der Waals surface area contributed by atoms with Gasteiger partial charge in [-0.15, -0.1) is 0 Å². The maximum absolute atomic E-state index is 7.09. The van der Waals surface area contributed by atoms with Gasteiger partial charge in [0.05, 0.1) is 11.1 Å². The molecular formula is C62H69BN2O. The lowest BCUT2D eigenvalue weighted by Gasteiger charge is -2.47. The van der Waals surface area contributed by atoms with Gasteiger partial charge in [-0.25, -0.2) is 0 Å². The molecule has 3 nitrogen and oxygen atoms in total. The molecule has 66 heavy (non-hydrogen) atoms. The molecule has 0 fully saturated rings. The number of furan rings is 1. The minimum absolute atomic E-state index is 0.0117. The number of anilines is 6. The number of nitrogens with zero attached hydrogens (tertiary/aromatic N) is 2. The molecule has 0 amide bonds. The van der Waals surface area contributed by atoms with E-state index >= 15 is 0 Å². The van der Waals surface area contributed by atoms with Crippen molar-refractivity contribution in [3.8, 4) is 0 Å². The number of rotatable bonds is 2. The van der Waals surface area contributed by atoms with E-state index in [1.54, 1.807) is 0 Å². The van der Waals surface area contributed by atoms with Crippen LogP contribution < -0.4 is 26.2 Å². The smallest absolute Gasteiger partial charge is 0.252 e. The summed E-state index contributed by atoms with van der Waals surface area (Å²) in [5.74, 6) is 0. The predicted octanol–water partition coefficient (Wildman–Crippen LogP) is 15.3. The molecule has 0 saturated carbocycles. The van der Waals surface area contributed by atoms with Crippen LogP contribution in [0.25, 0.3) is 21.9 Å². The van der Waals surface area contributed by atoms with Crippen molar-refractivity contribution in [1.29, 1.82) is 0 Å². The third-order valence-electron chi connectivity index (χ3n) is 18.0. The van der Waals surface area contributed by atoms with E-state index in [0.717, 1.165) is 17.6 Å². The van der Waals surface area contributed by atoms with Crippen molar-refractivity contribution >= 4 is 79.2 Å². The largest absolute Gasteiger partial charge is 0.456 e. The summed E-state index contributed by atoms with van der Waals surface area (Å²) in [6.45, 7) is 36.5. The lowest BCUT2D eigenvalue weighted by molar-refractivity contribution is 0.332. The Balaban J connectivity index is 1.23. The summed E-state index contributed by atoms with van der Waals surface area (Å²) in [4.78, 5) is 5.36. The van der Waals surface area contributed by atoms with Crippen LogP contribution in [0, 0.1) is 20.8 Å². The maximum atomic E-state index is 7.09.